The lowest BCUT2D eigenvalue weighted by molar-refractivity contribution is -0.123. The maximum Gasteiger partial charge on any atom is 0.234 e. The van der Waals surface area contributed by atoms with Crippen molar-refractivity contribution in [2.75, 3.05) is 13.1 Å². The van der Waals surface area contributed by atoms with Crippen LogP contribution in [0.2, 0.25) is 0 Å². The average Bonchev–Trinajstić information content (AvgIpc) is 3.23. The van der Waals surface area contributed by atoms with E-state index in [4.69, 9.17) is 4.98 Å². The number of para-hydroxylation sites is 1. The number of likely N-dealkylation sites (tertiary alicyclic amines) is 1. The van der Waals surface area contributed by atoms with Crippen LogP contribution >= 0.6 is 11.3 Å². The second-order valence-electron chi connectivity index (χ2n) is 7.58. The minimum Gasteiger partial charge on any atom is -0.352 e. The number of nitrogens with one attached hydrogen (secondary N) is 1. The van der Waals surface area contributed by atoms with Gasteiger partial charge in [-0.2, -0.15) is 0 Å². The molecule has 1 saturated heterocycles. The summed E-state index contributed by atoms with van der Waals surface area (Å²) in [6, 6.07) is 8.97. The molecule has 0 unspecified atom stereocenters. The lowest BCUT2D eigenvalue weighted by atomic mass is 9.86. The molecule has 1 aliphatic heterocycles. The number of thiazole rings is 1. The highest BCUT2D eigenvalue weighted by atomic mass is 32.1. The molecule has 1 aromatic heterocycles. The number of carbonyl (C=O) groups excluding carboxylic acids is 1. The fraction of sp³-hybridized carbons (Fsp3) is 0.600. The first-order chi connectivity index (χ1) is 12.2. The summed E-state index contributed by atoms with van der Waals surface area (Å²) < 4.78 is 1.24. The van der Waals surface area contributed by atoms with Gasteiger partial charge in [0, 0.05) is 6.04 Å². The first kappa shape index (κ1) is 17.0. The smallest absolute Gasteiger partial charge is 0.234 e. The third-order valence-electron chi connectivity index (χ3n) is 5.76. The van der Waals surface area contributed by atoms with E-state index in [-0.39, 0.29) is 5.91 Å². The fourth-order valence-electron chi connectivity index (χ4n) is 4.30. The number of nitrogens with zero attached hydrogens (tertiary/aromatic N) is 2. The van der Waals surface area contributed by atoms with Gasteiger partial charge in [-0.1, -0.05) is 31.9 Å². The molecule has 2 fully saturated rings. The monoisotopic (exact) mass is 357 g/mol. The maximum atomic E-state index is 12.6. The SMILES string of the molecule is C[C@@H]1CCCC[C@@H]1NC(=O)CN1CCC[C@@H]1c1nc2ccccc2s1. The van der Waals surface area contributed by atoms with Gasteiger partial charge in [-0.3, -0.25) is 9.69 Å². The van der Waals surface area contributed by atoms with E-state index < -0.39 is 0 Å². The van der Waals surface area contributed by atoms with Crippen LogP contribution in [-0.2, 0) is 4.79 Å². The Balaban J connectivity index is 1.41. The van der Waals surface area contributed by atoms with E-state index in [0.29, 0.717) is 24.5 Å². The van der Waals surface area contributed by atoms with Gasteiger partial charge in [-0.05, 0) is 50.3 Å². The van der Waals surface area contributed by atoms with Crippen molar-refractivity contribution in [1.29, 1.82) is 0 Å². The van der Waals surface area contributed by atoms with Crippen molar-refractivity contribution in [1.82, 2.24) is 15.2 Å². The Morgan fingerprint density at radius 3 is 2.92 bits per heavy atom. The summed E-state index contributed by atoms with van der Waals surface area (Å²) in [5, 5.41) is 4.46. The van der Waals surface area contributed by atoms with Crippen molar-refractivity contribution in [2.24, 2.45) is 5.92 Å². The number of amides is 1. The summed E-state index contributed by atoms with van der Waals surface area (Å²) in [7, 11) is 0. The van der Waals surface area contributed by atoms with Crippen molar-refractivity contribution in [3.63, 3.8) is 0 Å². The van der Waals surface area contributed by atoms with Gasteiger partial charge in [0.15, 0.2) is 0 Å². The molecular weight excluding hydrogens is 330 g/mol. The van der Waals surface area contributed by atoms with Crippen LogP contribution in [0.4, 0.5) is 0 Å². The Labute approximate surface area is 153 Å². The topological polar surface area (TPSA) is 45.2 Å². The Morgan fingerprint density at radius 1 is 1.24 bits per heavy atom. The highest BCUT2D eigenvalue weighted by molar-refractivity contribution is 7.18. The quantitative estimate of drug-likeness (QED) is 0.895. The standard InChI is InChI=1S/C20H27N3OS/c1-14-7-2-3-8-15(14)21-19(24)13-23-12-6-10-17(23)20-22-16-9-4-5-11-18(16)25-20/h4-5,9,11,14-15,17H,2-3,6-8,10,12-13H2,1H3,(H,21,24)/t14-,15+,17-/m1/s1. The third-order valence-corrected chi connectivity index (χ3v) is 6.90. The molecule has 25 heavy (non-hydrogen) atoms. The maximum absolute atomic E-state index is 12.6. The molecule has 3 atom stereocenters. The van der Waals surface area contributed by atoms with Gasteiger partial charge in [0.1, 0.15) is 5.01 Å². The van der Waals surface area contributed by atoms with Crippen molar-refractivity contribution < 1.29 is 4.79 Å². The van der Waals surface area contributed by atoms with Crippen molar-refractivity contribution in [2.45, 2.75) is 57.5 Å². The summed E-state index contributed by atoms with van der Waals surface area (Å²) in [5.41, 5.74) is 1.08. The van der Waals surface area contributed by atoms with Gasteiger partial charge in [0.2, 0.25) is 5.91 Å². The molecule has 1 saturated carbocycles. The van der Waals surface area contributed by atoms with Crippen molar-refractivity contribution >= 4 is 27.5 Å². The molecule has 2 heterocycles. The summed E-state index contributed by atoms with van der Waals surface area (Å²) >= 11 is 1.78. The number of benzene rings is 1. The first-order valence-electron chi connectivity index (χ1n) is 9.59. The lowest BCUT2D eigenvalue weighted by Gasteiger charge is -2.30. The molecular formula is C20H27N3OS. The highest BCUT2D eigenvalue weighted by Crippen LogP contribution is 2.36. The van der Waals surface area contributed by atoms with Gasteiger partial charge in [-0.15, -0.1) is 11.3 Å². The van der Waals surface area contributed by atoms with E-state index >= 15 is 0 Å². The number of fused-ring (bicyclic) bond motifs is 1. The van der Waals surface area contributed by atoms with Gasteiger partial charge >= 0.3 is 0 Å². The normalized spacial score (nSPS) is 27.6. The molecule has 0 bridgehead atoms. The Bertz CT molecular complexity index is 710. The van der Waals surface area contributed by atoms with Crippen LogP contribution in [0.5, 0.6) is 0 Å². The Hall–Kier alpha value is -1.46. The molecule has 134 valence electrons. The fourth-order valence-corrected chi connectivity index (χ4v) is 5.43. The molecule has 2 aromatic rings. The van der Waals surface area contributed by atoms with Crippen LogP contribution in [0.25, 0.3) is 10.2 Å². The van der Waals surface area contributed by atoms with Gasteiger partial charge < -0.3 is 5.32 Å². The number of aromatic nitrogens is 1. The van der Waals surface area contributed by atoms with Crippen LogP contribution in [0, 0.1) is 5.92 Å². The lowest BCUT2D eigenvalue weighted by Crippen LogP contribution is -2.45. The predicted octanol–water partition coefficient (Wildman–Crippen LogP) is 4.13. The molecule has 1 aromatic carbocycles. The molecule has 4 rings (SSSR count). The second kappa shape index (κ2) is 7.42. The zero-order chi connectivity index (χ0) is 17.2. The summed E-state index contributed by atoms with van der Waals surface area (Å²) in [6.07, 6.45) is 7.17. The zero-order valence-corrected chi connectivity index (χ0v) is 15.7. The van der Waals surface area contributed by atoms with Gasteiger partial charge in [0.25, 0.3) is 0 Å². The minimum absolute atomic E-state index is 0.187. The van der Waals surface area contributed by atoms with E-state index in [2.05, 4.69) is 35.3 Å². The molecule has 0 spiro atoms. The van der Waals surface area contributed by atoms with Crippen LogP contribution in [0.15, 0.2) is 24.3 Å². The van der Waals surface area contributed by atoms with Crippen LogP contribution in [0.1, 0.15) is 56.5 Å². The van der Waals surface area contributed by atoms with E-state index in [9.17, 15) is 4.79 Å². The average molecular weight is 358 g/mol. The number of hydrogen-bond donors (Lipinski definition) is 1. The molecule has 5 heteroatoms. The van der Waals surface area contributed by atoms with E-state index in [0.717, 1.165) is 36.3 Å². The summed E-state index contributed by atoms with van der Waals surface area (Å²) in [4.78, 5) is 19.7. The first-order valence-corrected chi connectivity index (χ1v) is 10.4. The van der Waals surface area contributed by atoms with Crippen molar-refractivity contribution in [3.05, 3.63) is 29.3 Å². The number of hydrogen-bond acceptors (Lipinski definition) is 4. The van der Waals surface area contributed by atoms with Crippen LogP contribution in [0.3, 0.4) is 0 Å². The molecule has 1 amide bonds. The second-order valence-corrected chi connectivity index (χ2v) is 8.65. The van der Waals surface area contributed by atoms with E-state index in [1.807, 2.05) is 6.07 Å². The molecule has 4 nitrogen and oxygen atoms in total. The summed E-state index contributed by atoms with van der Waals surface area (Å²) in [5.74, 6) is 0.795. The predicted molar refractivity (Wildman–Crippen MR) is 103 cm³/mol. The van der Waals surface area contributed by atoms with E-state index in [1.54, 1.807) is 11.3 Å². The van der Waals surface area contributed by atoms with Gasteiger partial charge in [0.05, 0.1) is 22.8 Å². The highest BCUT2D eigenvalue weighted by Gasteiger charge is 2.31. The Kier molecular flexibility index (Phi) is 5.04. The van der Waals surface area contributed by atoms with Crippen LogP contribution < -0.4 is 5.32 Å². The molecule has 0 radical (unpaired) electrons. The van der Waals surface area contributed by atoms with Gasteiger partial charge in [-0.25, -0.2) is 4.98 Å². The number of rotatable bonds is 4. The third kappa shape index (κ3) is 3.72. The minimum atomic E-state index is 0.187. The number of carbonyl (C=O) groups is 1. The largest absolute Gasteiger partial charge is 0.352 e. The molecule has 1 aliphatic carbocycles. The summed E-state index contributed by atoms with van der Waals surface area (Å²) in [6.45, 7) is 3.77. The van der Waals surface area contributed by atoms with Crippen LogP contribution in [-0.4, -0.2) is 34.9 Å². The molecule has 1 N–H and O–H groups in total. The van der Waals surface area contributed by atoms with E-state index in [1.165, 1.54) is 24.0 Å². The zero-order valence-electron chi connectivity index (χ0n) is 14.9. The van der Waals surface area contributed by atoms with Crippen molar-refractivity contribution in [3.8, 4) is 0 Å². The molecule has 2 aliphatic rings. The Morgan fingerprint density at radius 2 is 2.08 bits per heavy atom.